The van der Waals surface area contributed by atoms with E-state index in [1.54, 1.807) is 11.3 Å². The first-order valence-electron chi connectivity index (χ1n) is 8.13. The average Bonchev–Trinajstić information content (AvgIpc) is 3.26. The fourth-order valence-corrected chi connectivity index (χ4v) is 4.04. The van der Waals surface area contributed by atoms with Crippen molar-refractivity contribution in [1.82, 2.24) is 19.7 Å². The Hall–Kier alpha value is -1.67. The van der Waals surface area contributed by atoms with Crippen LogP contribution in [-0.2, 0) is 6.67 Å². The highest BCUT2D eigenvalue weighted by Gasteiger charge is 2.18. The molecule has 0 radical (unpaired) electrons. The van der Waals surface area contributed by atoms with Gasteiger partial charge < -0.3 is 4.90 Å². The van der Waals surface area contributed by atoms with Gasteiger partial charge in [-0.25, -0.2) is 4.68 Å². The van der Waals surface area contributed by atoms with E-state index in [1.807, 2.05) is 40.4 Å². The summed E-state index contributed by atoms with van der Waals surface area (Å²) in [6, 6.07) is 12.1. The van der Waals surface area contributed by atoms with Gasteiger partial charge in [-0.2, -0.15) is 4.98 Å². The maximum absolute atomic E-state index is 6.10. The summed E-state index contributed by atoms with van der Waals surface area (Å²) in [5.74, 6) is 0.845. The van der Waals surface area contributed by atoms with E-state index < -0.39 is 0 Å². The summed E-state index contributed by atoms with van der Waals surface area (Å²) in [4.78, 5) is 10.3. The summed E-state index contributed by atoms with van der Waals surface area (Å²) in [5, 5.41) is 6.14. The smallest absolute Gasteiger partial charge is 0.217 e. The quantitative estimate of drug-likeness (QED) is 0.679. The number of thiophene rings is 1. The Morgan fingerprint density at radius 2 is 2.00 bits per heavy atom. The van der Waals surface area contributed by atoms with Crippen LogP contribution >= 0.6 is 35.2 Å². The number of nitrogens with zero attached hydrogens (tertiary/aromatic N) is 4. The van der Waals surface area contributed by atoms with Crippen molar-refractivity contribution >= 4 is 40.8 Å². The topological polar surface area (TPSA) is 40.1 Å². The van der Waals surface area contributed by atoms with Crippen molar-refractivity contribution in [1.29, 1.82) is 0 Å². The number of anilines is 1. The molecule has 0 atom stereocenters. The predicted octanol–water partition coefficient (Wildman–Crippen LogP) is 4.10. The van der Waals surface area contributed by atoms with E-state index in [0.717, 1.165) is 48.6 Å². The largest absolute Gasteiger partial charge is 0.369 e. The van der Waals surface area contributed by atoms with Crippen LogP contribution in [0.25, 0.3) is 10.7 Å². The molecule has 0 saturated carbocycles. The molecule has 1 aliphatic rings. The first-order valence-corrected chi connectivity index (χ1v) is 9.79. The highest BCUT2D eigenvalue weighted by molar-refractivity contribution is 7.71. The molecule has 130 valence electrons. The SMILES string of the molecule is S=c1nc(-c2cccs2)[nH]n1CN1CCN(c2cccc(Cl)c2)CC1. The van der Waals surface area contributed by atoms with Crippen LogP contribution in [0.2, 0.25) is 5.02 Å². The lowest BCUT2D eigenvalue weighted by Crippen LogP contribution is -2.46. The molecule has 3 heterocycles. The molecule has 2 aromatic heterocycles. The molecule has 3 aromatic rings. The second kappa shape index (κ2) is 7.29. The lowest BCUT2D eigenvalue weighted by Gasteiger charge is -2.36. The molecule has 0 unspecified atom stereocenters. The monoisotopic (exact) mass is 391 g/mol. The van der Waals surface area contributed by atoms with Gasteiger partial charge in [0.2, 0.25) is 4.77 Å². The van der Waals surface area contributed by atoms with Crippen LogP contribution in [0, 0.1) is 4.77 Å². The van der Waals surface area contributed by atoms with E-state index >= 15 is 0 Å². The second-order valence-corrected chi connectivity index (χ2v) is 7.74. The summed E-state index contributed by atoms with van der Waals surface area (Å²) in [6.07, 6.45) is 0. The minimum Gasteiger partial charge on any atom is -0.369 e. The minimum atomic E-state index is 0.598. The van der Waals surface area contributed by atoms with Gasteiger partial charge in [-0.05, 0) is 41.9 Å². The highest BCUT2D eigenvalue weighted by atomic mass is 35.5. The molecule has 1 saturated heterocycles. The summed E-state index contributed by atoms with van der Waals surface area (Å²) < 4.78 is 2.54. The number of nitrogens with one attached hydrogen (secondary N) is 1. The normalized spacial score (nSPS) is 15.6. The van der Waals surface area contributed by atoms with E-state index in [0.29, 0.717) is 4.77 Å². The molecule has 25 heavy (non-hydrogen) atoms. The summed E-state index contributed by atoms with van der Waals surface area (Å²) in [5.41, 5.74) is 1.19. The molecule has 0 bridgehead atoms. The van der Waals surface area contributed by atoms with Crippen LogP contribution in [0.1, 0.15) is 0 Å². The lowest BCUT2D eigenvalue weighted by atomic mass is 10.2. The number of rotatable bonds is 4. The highest BCUT2D eigenvalue weighted by Crippen LogP contribution is 2.22. The van der Waals surface area contributed by atoms with Crippen LogP contribution in [0.4, 0.5) is 5.69 Å². The van der Waals surface area contributed by atoms with Crippen LogP contribution in [0.5, 0.6) is 0 Å². The number of aromatic nitrogens is 3. The first kappa shape index (κ1) is 16.8. The average molecular weight is 392 g/mol. The van der Waals surface area contributed by atoms with Crippen molar-refractivity contribution in [3.05, 3.63) is 51.6 Å². The van der Waals surface area contributed by atoms with Gasteiger partial charge in [-0.3, -0.25) is 10.00 Å². The van der Waals surface area contributed by atoms with Gasteiger partial charge in [-0.1, -0.05) is 23.7 Å². The zero-order chi connectivity index (χ0) is 17.2. The molecular weight excluding hydrogens is 374 g/mol. The Bertz CT molecular complexity index is 894. The number of piperazine rings is 1. The summed E-state index contributed by atoms with van der Waals surface area (Å²) in [6.45, 7) is 4.63. The second-order valence-electron chi connectivity index (χ2n) is 5.99. The summed E-state index contributed by atoms with van der Waals surface area (Å²) >= 11 is 13.2. The molecule has 1 aromatic carbocycles. The fraction of sp³-hybridized carbons (Fsp3) is 0.294. The third-order valence-corrected chi connectivity index (χ3v) is 5.74. The number of H-pyrrole nitrogens is 1. The van der Waals surface area contributed by atoms with Crippen LogP contribution < -0.4 is 4.90 Å². The van der Waals surface area contributed by atoms with Gasteiger partial charge in [0.25, 0.3) is 0 Å². The van der Waals surface area contributed by atoms with Crippen LogP contribution in [0.15, 0.2) is 41.8 Å². The molecular formula is C17H18ClN5S2. The first-order chi connectivity index (χ1) is 12.2. The van der Waals surface area contributed by atoms with Gasteiger partial charge in [0, 0.05) is 36.9 Å². The zero-order valence-electron chi connectivity index (χ0n) is 13.6. The summed E-state index contributed by atoms with van der Waals surface area (Å²) in [7, 11) is 0. The van der Waals surface area contributed by atoms with E-state index in [-0.39, 0.29) is 0 Å². The maximum atomic E-state index is 6.10. The van der Waals surface area contributed by atoms with Gasteiger partial charge in [0.15, 0.2) is 5.82 Å². The van der Waals surface area contributed by atoms with Gasteiger partial charge >= 0.3 is 0 Å². The molecule has 0 spiro atoms. The van der Waals surface area contributed by atoms with Gasteiger partial charge in [0.05, 0.1) is 11.5 Å². The molecule has 0 aliphatic carbocycles. The van der Waals surface area contributed by atoms with Gasteiger partial charge in [0.1, 0.15) is 0 Å². The van der Waals surface area contributed by atoms with Crippen LogP contribution in [-0.4, -0.2) is 45.8 Å². The van der Waals surface area contributed by atoms with Crippen molar-refractivity contribution in [3.8, 4) is 10.7 Å². The third kappa shape index (κ3) is 3.79. The molecule has 1 fully saturated rings. The Morgan fingerprint density at radius 3 is 2.72 bits per heavy atom. The maximum Gasteiger partial charge on any atom is 0.217 e. The third-order valence-electron chi connectivity index (χ3n) is 4.32. The number of halogens is 1. The van der Waals surface area contributed by atoms with Crippen molar-refractivity contribution < 1.29 is 0 Å². The van der Waals surface area contributed by atoms with E-state index in [9.17, 15) is 0 Å². The molecule has 4 rings (SSSR count). The molecule has 0 amide bonds. The number of hydrogen-bond acceptors (Lipinski definition) is 5. The number of aromatic amines is 1. The lowest BCUT2D eigenvalue weighted by molar-refractivity contribution is 0.194. The zero-order valence-corrected chi connectivity index (χ0v) is 15.9. The Morgan fingerprint density at radius 1 is 1.16 bits per heavy atom. The van der Waals surface area contributed by atoms with E-state index in [4.69, 9.17) is 23.8 Å². The molecule has 1 aliphatic heterocycles. The minimum absolute atomic E-state index is 0.598. The Labute approximate surface area is 160 Å². The van der Waals surface area contributed by atoms with E-state index in [1.165, 1.54) is 5.69 Å². The van der Waals surface area contributed by atoms with E-state index in [2.05, 4.69) is 25.9 Å². The fourth-order valence-electron chi connectivity index (χ4n) is 3.00. The number of benzene rings is 1. The molecule has 5 nitrogen and oxygen atoms in total. The van der Waals surface area contributed by atoms with Crippen molar-refractivity contribution in [2.24, 2.45) is 0 Å². The van der Waals surface area contributed by atoms with Crippen LogP contribution in [0.3, 0.4) is 0 Å². The number of hydrogen-bond donors (Lipinski definition) is 1. The Balaban J connectivity index is 1.40. The predicted molar refractivity (Wildman–Crippen MR) is 106 cm³/mol. The standard InChI is InChI=1S/C17H18ClN5S2/c18-13-3-1-4-14(11-13)22-8-6-21(7-9-22)12-23-17(24)19-16(20-23)15-5-2-10-25-15/h1-5,10-11H,6-9,12H2,(H,19,20,24). The molecule has 8 heteroatoms. The Kier molecular flexibility index (Phi) is 4.89. The molecule has 1 N–H and O–H groups in total. The van der Waals surface area contributed by atoms with Crippen molar-refractivity contribution in [2.45, 2.75) is 6.67 Å². The van der Waals surface area contributed by atoms with Gasteiger partial charge in [-0.15, -0.1) is 11.3 Å². The van der Waals surface area contributed by atoms with Crippen molar-refractivity contribution in [2.75, 3.05) is 31.1 Å². The van der Waals surface area contributed by atoms with Crippen molar-refractivity contribution in [3.63, 3.8) is 0 Å².